The van der Waals surface area contributed by atoms with Crippen LogP contribution in [0.25, 0.3) is 0 Å². The zero-order valence-corrected chi connectivity index (χ0v) is 14.8. The van der Waals surface area contributed by atoms with Crippen molar-refractivity contribution in [1.82, 2.24) is 15.5 Å². The van der Waals surface area contributed by atoms with Crippen LogP contribution >= 0.6 is 11.6 Å². The number of likely N-dealkylation sites (N-methyl/N-ethyl adjacent to an activating group) is 1. The van der Waals surface area contributed by atoms with Crippen LogP contribution in [-0.4, -0.2) is 56.6 Å². The first-order chi connectivity index (χ1) is 11.6. The van der Waals surface area contributed by atoms with Crippen molar-refractivity contribution in [2.75, 3.05) is 33.9 Å². The fourth-order valence-electron chi connectivity index (χ4n) is 3.05. The second kappa shape index (κ2) is 9.01. The molecular formula is C17H24ClN3O3. The Hall–Kier alpha value is -1.63. The quantitative estimate of drug-likeness (QED) is 0.726. The highest BCUT2D eigenvalue weighted by atomic mass is 35.5. The van der Waals surface area contributed by atoms with Gasteiger partial charge in [0.15, 0.2) is 0 Å². The molecule has 6 nitrogen and oxygen atoms in total. The molecule has 1 aliphatic rings. The zero-order valence-electron chi connectivity index (χ0n) is 14.0. The van der Waals surface area contributed by atoms with E-state index in [0.717, 1.165) is 18.4 Å². The Kier molecular flexibility index (Phi) is 7.02. The van der Waals surface area contributed by atoms with Crippen LogP contribution in [0, 0.1) is 0 Å². The molecule has 2 atom stereocenters. The summed E-state index contributed by atoms with van der Waals surface area (Å²) in [5.41, 5.74) is 0.829. The number of ether oxygens (including phenoxy) is 1. The van der Waals surface area contributed by atoms with Crippen molar-refractivity contribution in [2.24, 2.45) is 0 Å². The zero-order chi connectivity index (χ0) is 17.5. The summed E-state index contributed by atoms with van der Waals surface area (Å²) in [6, 6.07) is 6.36. The fraction of sp³-hybridized carbons (Fsp3) is 0.529. The number of halogens is 1. The molecule has 1 aromatic rings. The van der Waals surface area contributed by atoms with Crippen LogP contribution in [0.3, 0.4) is 0 Å². The summed E-state index contributed by atoms with van der Waals surface area (Å²) in [6.07, 6.45) is 1.61. The molecule has 0 saturated carbocycles. The minimum absolute atomic E-state index is 0.0626. The monoisotopic (exact) mass is 353 g/mol. The highest BCUT2D eigenvalue weighted by molar-refractivity contribution is 6.30. The van der Waals surface area contributed by atoms with E-state index in [-0.39, 0.29) is 17.9 Å². The normalized spacial score (nSPS) is 19.0. The van der Waals surface area contributed by atoms with Crippen LogP contribution in [0.4, 0.5) is 0 Å². The first-order valence-corrected chi connectivity index (χ1v) is 8.45. The molecule has 7 heteroatoms. The molecule has 1 aliphatic heterocycles. The Labute approximate surface area is 147 Å². The molecule has 0 radical (unpaired) electrons. The van der Waals surface area contributed by atoms with Crippen LogP contribution < -0.4 is 10.6 Å². The average Bonchev–Trinajstić information content (AvgIpc) is 3.06. The average molecular weight is 354 g/mol. The van der Waals surface area contributed by atoms with Crippen molar-refractivity contribution < 1.29 is 14.3 Å². The number of carbonyl (C=O) groups excluding carboxylic acids is 2. The summed E-state index contributed by atoms with van der Waals surface area (Å²) in [7, 11) is 3.20. The Morgan fingerprint density at radius 1 is 1.38 bits per heavy atom. The molecule has 0 spiro atoms. The van der Waals surface area contributed by atoms with Gasteiger partial charge in [0.05, 0.1) is 12.6 Å². The molecule has 2 amide bonds. The predicted octanol–water partition coefficient (Wildman–Crippen LogP) is 1.35. The maximum atomic E-state index is 12.5. The maximum Gasteiger partial charge on any atom is 0.241 e. The van der Waals surface area contributed by atoms with Gasteiger partial charge in [0, 0.05) is 32.3 Å². The standard InChI is InChI=1S/C17H24ClN3O3/c1-19-17(23)15(12-5-7-13(18)8-6-12)21-10-3-4-14(21)16(22)20-9-11-24-2/h5-8,14-15H,3-4,9-11H2,1-2H3,(H,19,23)(H,20,22)/t14-,15+/m0/s1. The molecule has 0 bridgehead atoms. The van der Waals surface area contributed by atoms with E-state index >= 15 is 0 Å². The number of rotatable bonds is 7. The van der Waals surface area contributed by atoms with Crippen LogP contribution in [0.5, 0.6) is 0 Å². The topological polar surface area (TPSA) is 70.7 Å². The molecule has 1 fully saturated rings. The van der Waals surface area contributed by atoms with E-state index in [4.69, 9.17) is 16.3 Å². The number of carbonyl (C=O) groups is 2. The van der Waals surface area contributed by atoms with Gasteiger partial charge in [0.1, 0.15) is 6.04 Å². The van der Waals surface area contributed by atoms with Crippen molar-refractivity contribution >= 4 is 23.4 Å². The van der Waals surface area contributed by atoms with Crippen molar-refractivity contribution in [3.8, 4) is 0 Å². The van der Waals surface area contributed by atoms with E-state index in [0.29, 0.717) is 24.7 Å². The Balaban J connectivity index is 2.19. The Morgan fingerprint density at radius 3 is 2.71 bits per heavy atom. The fourth-order valence-corrected chi connectivity index (χ4v) is 3.17. The van der Waals surface area contributed by atoms with E-state index in [9.17, 15) is 9.59 Å². The van der Waals surface area contributed by atoms with Gasteiger partial charge in [-0.2, -0.15) is 0 Å². The molecule has 0 aromatic heterocycles. The molecule has 24 heavy (non-hydrogen) atoms. The number of benzene rings is 1. The van der Waals surface area contributed by atoms with Crippen molar-refractivity contribution in [3.05, 3.63) is 34.9 Å². The highest BCUT2D eigenvalue weighted by Gasteiger charge is 2.38. The number of likely N-dealkylation sites (tertiary alicyclic amines) is 1. The lowest BCUT2D eigenvalue weighted by atomic mass is 10.0. The number of amides is 2. The van der Waals surface area contributed by atoms with E-state index in [1.54, 1.807) is 26.3 Å². The second-order valence-electron chi connectivity index (χ2n) is 5.75. The SMILES string of the molecule is CNC(=O)[C@@H](c1ccc(Cl)cc1)N1CCC[C@H]1C(=O)NCCOC. The minimum atomic E-state index is -0.507. The van der Waals surface area contributed by atoms with Gasteiger partial charge in [-0.05, 0) is 30.5 Å². The lowest BCUT2D eigenvalue weighted by Crippen LogP contribution is -2.48. The maximum absolute atomic E-state index is 12.5. The first-order valence-electron chi connectivity index (χ1n) is 8.08. The van der Waals surface area contributed by atoms with Gasteiger partial charge >= 0.3 is 0 Å². The highest BCUT2D eigenvalue weighted by Crippen LogP contribution is 2.30. The number of hydrogen-bond donors (Lipinski definition) is 2. The molecule has 132 valence electrons. The Morgan fingerprint density at radius 2 is 2.08 bits per heavy atom. The van der Waals surface area contributed by atoms with E-state index < -0.39 is 6.04 Å². The van der Waals surface area contributed by atoms with Gasteiger partial charge in [-0.3, -0.25) is 14.5 Å². The predicted molar refractivity (Wildman–Crippen MR) is 92.9 cm³/mol. The van der Waals surface area contributed by atoms with E-state index in [1.165, 1.54) is 0 Å². The van der Waals surface area contributed by atoms with Gasteiger partial charge in [0.25, 0.3) is 0 Å². The van der Waals surface area contributed by atoms with Crippen LogP contribution in [0.15, 0.2) is 24.3 Å². The van der Waals surface area contributed by atoms with Gasteiger partial charge in [0.2, 0.25) is 11.8 Å². The summed E-state index contributed by atoms with van der Waals surface area (Å²) in [5, 5.41) is 6.19. The summed E-state index contributed by atoms with van der Waals surface area (Å²) in [5.74, 6) is -0.193. The lowest BCUT2D eigenvalue weighted by molar-refractivity contribution is -0.131. The third kappa shape index (κ3) is 4.47. The van der Waals surface area contributed by atoms with Crippen LogP contribution in [0.2, 0.25) is 5.02 Å². The number of hydrogen-bond acceptors (Lipinski definition) is 4. The summed E-state index contributed by atoms with van der Waals surface area (Å²) in [6.45, 7) is 1.63. The molecule has 1 heterocycles. The molecular weight excluding hydrogens is 330 g/mol. The molecule has 2 rings (SSSR count). The molecule has 0 aliphatic carbocycles. The summed E-state index contributed by atoms with van der Waals surface area (Å²) >= 11 is 5.95. The molecule has 2 N–H and O–H groups in total. The largest absolute Gasteiger partial charge is 0.383 e. The third-order valence-electron chi connectivity index (χ3n) is 4.21. The smallest absolute Gasteiger partial charge is 0.241 e. The summed E-state index contributed by atoms with van der Waals surface area (Å²) < 4.78 is 4.96. The number of methoxy groups -OCH3 is 1. The van der Waals surface area contributed by atoms with E-state index in [1.807, 2.05) is 17.0 Å². The third-order valence-corrected chi connectivity index (χ3v) is 4.47. The summed E-state index contributed by atoms with van der Waals surface area (Å²) in [4.78, 5) is 26.9. The van der Waals surface area contributed by atoms with Gasteiger partial charge in [-0.1, -0.05) is 23.7 Å². The number of nitrogens with zero attached hydrogens (tertiary/aromatic N) is 1. The lowest BCUT2D eigenvalue weighted by Gasteiger charge is -2.31. The van der Waals surface area contributed by atoms with Crippen LogP contribution in [-0.2, 0) is 14.3 Å². The van der Waals surface area contributed by atoms with Crippen molar-refractivity contribution in [3.63, 3.8) is 0 Å². The van der Waals surface area contributed by atoms with Gasteiger partial charge in [-0.25, -0.2) is 0 Å². The second-order valence-corrected chi connectivity index (χ2v) is 6.18. The minimum Gasteiger partial charge on any atom is -0.383 e. The van der Waals surface area contributed by atoms with Gasteiger partial charge in [-0.15, -0.1) is 0 Å². The molecule has 1 saturated heterocycles. The van der Waals surface area contributed by atoms with Crippen molar-refractivity contribution in [1.29, 1.82) is 0 Å². The van der Waals surface area contributed by atoms with E-state index in [2.05, 4.69) is 10.6 Å². The molecule has 1 aromatic carbocycles. The van der Waals surface area contributed by atoms with Gasteiger partial charge < -0.3 is 15.4 Å². The molecule has 0 unspecified atom stereocenters. The Bertz CT molecular complexity index is 565. The van der Waals surface area contributed by atoms with Crippen molar-refractivity contribution in [2.45, 2.75) is 24.9 Å². The first kappa shape index (κ1) is 18.7. The number of nitrogens with one attached hydrogen (secondary N) is 2. The van der Waals surface area contributed by atoms with Crippen LogP contribution in [0.1, 0.15) is 24.4 Å².